The first-order chi connectivity index (χ1) is 10.0. The Bertz CT molecular complexity index is 547. The minimum absolute atomic E-state index is 0.113. The number of rotatable bonds is 6. The molecule has 21 heavy (non-hydrogen) atoms. The monoisotopic (exact) mass is 285 g/mol. The van der Waals surface area contributed by atoms with Crippen molar-refractivity contribution < 1.29 is 9.47 Å². The Hall–Kier alpha value is -2.00. The number of benzene rings is 2. The normalized spacial score (nSPS) is 11.2. The summed E-state index contributed by atoms with van der Waals surface area (Å²) >= 11 is 0. The fourth-order valence-electron chi connectivity index (χ4n) is 1.85. The molecule has 0 radical (unpaired) electrons. The van der Waals surface area contributed by atoms with Crippen LogP contribution < -0.4 is 14.8 Å². The molecule has 112 valence electrons. The highest BCUT2D eigenvalue weighted by Crippen LogP contribution is 2.24. The van der Waals surface area contributed by atoms with Crippen LogP contribution in [0.1, 0.15) is 20.8 Å². The molecule has 2 aromatic rings. The Morgan fingerprint density at radius 2 is 1.52 bits per heavy atom. The highest BCUT2D eigenvalue weighted by Gasteiger charge is 2.07. The van der Waals surface area contributed by atoms with E-state index in [9.17, 15) is 0 Å². The summed E-state index contributed by atoms with van der Waals surface area (Å²) in [6.45, 7) is 7.86. The Labute approximate surface area is 126 Å². The van der Waals surface area contributed by atoms with Gasteiger partial charge in [-0.3, -0.25) is 0 Å². The van der Waals surface area contributed by atoms with Crippen LogP contribution in [0.2, 0.25) is 0 Å². The van der Waals surface area contributed by atoms with E-state index in [-0.39, 0.29) is 5.54 Å². The zero-order chi connectivity index (χ0) is 15.1. The topological polar surface area (TPSA) is 30.5 Å². The first kappa shape index (κ1) is 15.4. The predicted octanol–water partition coefficient (Wildman–Crippen LogP) is 4.25. The summed E-state index contributed by atoms with van der Waals surface area (Å²) in [5, 5.41) is 3.39. The largest absolute Gasteiger partial charge is 0.492 e. The maximum absolute atomic E-state index is 5.78. The van der Waals surface area contributed by atoms with E-state index in [2.05, 4.69) is 26.1 Å². The smallest absolute Gasteiger partial charge is 0.131 e. The SMILES string of the molecule is CC(C)(C)NCCOc1cccc(Oc2ccccc2)c1. The van der Waals surface area contributed by atoms with Crippen LogP contribution in [-0.2, 0) is 0 Å². The van der Waals surface area contributed by atoms with Gasteiger partial charge in [-0.1, -0.05) is 24.3 Å². The zero-order valence-corrected chi connectivity index (χ0v) is 12.9. The molecule has 2 aromatic carbocycles. The molecule has 2 rings (SSSR count). The van der Waals surface area contributed by atoms with Gasteiger partial charge in [-0.15, -0.1) is 0 Å². The molecule has 0 aliphatic rings. The molecule has 0 aliphatic heterocycles. The molecule has 3 heteroatoms. The van der Waals surface area contributed by atoms with Gasteiger partial charge in [-0.05, 0) is 45.0 Å². The van der Waals surface area contributed by atoms with Crippen LogP contribution in [0.5, 0.6) is 17.2 Å². The average Bonchev–Trinajstić information content (AvgIpc) is 2.44. The third-order valence-corrected chi connectivity index (χ3v) is 2.81. The lowest BCUT2D eigenvalue weighted by molar-refractivity contribution is 0.290. The van der Waals surface area contributed by atoms with Gasteiger partial charge in [0.05, 0.1) is 0 Å². The van der Waals surface area contributed by atoms with E-state index in [1.54, 1.807) is 0 Å². The molecule has 3 nitrogen and oxygen atoms in total. The summed E-state index contributed by atoms with van der Waals surface area (Å²) in [5.74, 6) is 2.42. The third-order valence-electron chi connectivity index (χ3n) is 2.81. The fourth-order valence-corrected chi connectivity index (χ4v) is 1.85. The first-order valence-electron chi connectivity index (χ1n) is 7.24. The molecule has 0 heterocycles. The predicted molar refractivity (Wildman–Crippen MR) is 86.2 cm³/mol. The average molecular weight is 285 g/mol. The van der Waals surface area contributed by atoms with E-state index in [1.807, 2.05) is 54.6 Å². The number of nitrogens with one attached hydrogen (secondary N) is 1. The van der Waals surface area contributed by atoms with Crippen molar-refractivity contribution in [2.45, 2.75) is 26.3 Å². The molecule has 0 saturated carbocycles. The molecule has 0 saturated heterocycles. The highest BCUT2D eigenvalue weighted by atomic mass is 16.5. The van der Waals surface area contributed by atoms with Gasteiger partial charge in [0.25, 0.3) is 0 Å². The molecule has 0 unspecified atom stereocenters. The quantitative estimate of drug-likeness (QED) is 0.805. The lowest BCUT2D eigenvalue weighted by Crippen LogP contribution is -2.38. The summed E-state index contributed by atoms with van der Waals surface area (Å²) in [6.07, 6.45) is 0. The van der Waals surface area contributed by atoms with E-state index in [0.29, 0.717) is 6.61 Å². The van der Waals surface area contributed by atoms with Crippen molar-refractivity contribution in [2.24, 2.45) is 0 Å². The summed E-state index contributed by atoms with van der Waals surface area (Å²) in [5.41, 5.74) is 0.113. The Morgan fingerprint density at radius 3 is 2.24 bits per heavy atom. The molecule has 0 amide bonds. The molecule has 1 N–H and O–H groups in total. The Kier molecular flexibility index (Phi) is 5.23. The maximum atomic E-state index is 5.78. The van der Waals surface area contributed by atoms with Gasteiger partial charge in [-0.2, -0.15) is 0 Å². The molecule has 0 atom stereocenters. The second-order valence-electron chi connectivity index (χ2n) is 5.92. The maximum Gasteiger partial charge on any atom is 0.131 e. The molecular formula is C18H23NO2. The lowest BCUT2D eigenvalue weighted by Gasteiger charge is -2.20. The van der Waals surface area contributed by atoms with Crippen molar-refractivity contribution in [2.75, 3.05) is 13.2 Å². The van der Waals surface area contributed by atoms with E-state index in [0.717, 1.165) is 23.8 Å². The van der Waals surface area contributed by atoms with Gasteiger partial charge in [0, 0.05) is 18.2 Å². The minimum atomic E-state index is 0.113. The summed E-state index contributed by atoms with van der Waals surface area (Å²) < 4.78 is 11.5. The minimum Gasteiger partial charge on any atom is -0.492 e. The van der Waals surface area contributed by atoms with Gasteiger partial charge >= 0.3 is 0 Å². The van der Waals surface area contributed by atoms with Crippen LogP contribution in [0.25, 0.3) is 0 Å². The van der Waals surface area contributed by atoms with Crippen molar-refractivity contribution in [3.05, 3.63) is 54.6 Å². The molecule has 0 aromatic heterocycles. The Morgan fingerprint density at radius 1 is 0.857 bits per heavy atom. The van der Waals surface area contributed by atoms with Gasteiger partial charge in [0.2, 0.25) is 0 Å². The van der Waals surface area contributed by atoms with E-state index in [4.69, 9.17) is 9.47 Å². The molecule has 0 aliphatic carbocycles. The van der Waals surface area contributed by atoms with E-state index >= 15 is 0 Å². The number of hydrogen-bond acceptors (Lipinski definition) is 3. The van der Waals surface area contributed by atoms with Crippen LogP contribution in [-0.4, -0.2) is 18.7 Å². The number of ether oxygens (including phenoxy) is 2. The van der Waals surface area contributed by atoms with Crippen molar-refractivity contribution >= 4 is 0 Å². The molecular weight excluding hydrogens is 262 g/mol. The molecule has 0 fully saturated rings. The van der Waals surface area contributed by atoms with Crippen molar-refractivity contribution in [3.8, 4) is 17.2 Å². The zero-order valence-electron chi connectivity index (χ0n) is 12.9. The van der Waals surface area contributed by atoms with Crippen LogP contribution in [0, 0.1) is 0 Å². The van der Waals surface area contributed by atoms with Gasteiger partial charge in [0.15, 0.2) is 0 Å². The van der Waals surface area contributed by atoms with Gasteiger partial charge in [-0.25, -0.2) is 0 Å². The van der Waals surface area contributed by atoms with Gasteiger partial charge < -0.3 is 14.8 Å². The van der Waals surface area contributed by atoms with Crippen LogP contribution in [0.3, 0.4) is 0 Å². The highest BCUT2D eigenvalue weighted by molar-refractivity contribution is 5.36. The fraction of sp³-hybridized carbons (Fsp3) is 0.333. The summed E-state index contributed by atoms with van der Waals surface area (Å²) in [6, 6.07) is 17.4. The van der Waals surface area contributed by atoms with Crippen LogP contribution in [0.4, 0.5) is 0 Å². The van der Waals surface area contributed by atoms with Crippen LogP contribution in [0.15, 0.2) is 54.6 Å². The van der Waals surface area contributed by atoms with Crippen molar-refractivity contribution in [1.82, 2.24) is 5.32 Å². The molecule has 0 bridgehead atoms. The molecule has 0 spiro atoms. The number of hydrogen-bond donors (Lipinski definition) is 1. The summed E-state index contributed by atoms with van der Waals surface area (Å²) in [4.78, 5) is 0. The first-order valence-corrected chi connectivity index (χ1v) is 7.24. The van der Waals surface area contributed by atoms with Crippen molar-refractivity contribution in [1.29, 1.82) is 0 Å². The number of para-hydroxylation sites is 1. The van der Waals surface area contributed by atoms with Crippen molar-refractivity contribution in [3.63, 3.8) is 0 Å². The second kappa shape index (κ2) is 7.14. The van der Waals surface area contributed by atoms with E-state index < -0.39 is 0 Å². The second-order valence-corrected chi connectivity index (χ2v) is 5.92. The third kappa shape index (κ3) is 5.88. The van der Waals surface area contributed by atoms with E-state index in [1.165, 1.54) is 0 Å². The van der Waals surface area contributed by atoms with Crippen LogP contribution >= 0.6 is 0 Å². The lowest BCUT2D eigenvalue weighted by atomic mass is 10.1. The van der Waals surface area contributed by atoms with Gasteiger partial charge in [0.1, 0.15) is 23.9 Å². The standard InChI is InChI=1S/C18H23NO2/c1-18(2,3)19-12-13-20-16-10-7-11-17(14-16)21-15-8-5-4-6-9-15/h4-11,14,19H,12-13H2,1-3H3. The summed E-state index contributed by atoms with van der Waals surface area (Å²) in [7, 11) is 0. The Balaban J connectivity index is 1.86.